The predicted molar refractivity (Wildman–Crippen MR) is 60.6 cm³/mol. The van der Waals surface area contributed by atoms with Gasteiger partial charge in [-0.3, -0.25) is 19.7 Å². The first kappa shape index (κ1) is 12.2. The summed E-state index contributed by atoms with van der Waals surface area (Å²) >= 11 is 0. The molecule has 2 aromatic rings. The fourth-order valence-electron chi connectivity index (χ4n) is 1.47. The molecule has 1 aromatic carbocycles. The molecule has 18 heavy (non-hydrogen) atoms. The minimum Gasteiger partial charge on any atom is -0.359 e. The highest BCUT2D eigenvalue weighted by atomic mass is 32.3. The van der Waals surface area contributed by atoms with Crippen molar-refractivity contribution in [2.75, 3.05) is 0 Å². The lowest BCUT2D eigenvalue weighted by Gasteiger charge is -2.05. The monoisotopic (exact) mass is 270 g/mol. The van der Waals surface area contributed by atoms with Crippen molar-refractivity contribution in [2.45, 2.75) is 0 Å². The van der Waals surface area contributed by atoms with E-state index >= 15 is 0 Å². The Morgan fingerprint density at radius 1 is 1.33 bits per heavy atom. The van der Waals surface area contributed by atoms with Crippen LogP contribution in [0, 0.1) is 10.1 Å². The van der Waals surface area contributed by atoms with Crippen LogP contribution >= 0.6 is 0 Å². The zero-order chi connectivity index (χ0) is 13.3. The zero-order valence-corrected chi connectivity index (χ0v) is 9.49. The van der Waals surface area contributed by atoms with Crippen molar-refractivity contribution in [2.24, 2.45) is 0 Å². The van der Waals surface area contributed by atoms with E-state index in [1.807, 2.05) is 0 Å². The third-order valence-corrected chi connectivity index (χ3v) is 2.49. The molecule has 94 valence electrons. The van der Waals surface area contributed by atoms with Crippen molar-refractivity contribution >= 4 is 27.0 Å². The van der Waals surface area contributed by atoms with Gasteiger partial charge in [0.05, 0.1) is 10.3 Å². The normalized spacial score (nSPS) is 11.4. The Morgan fingerprint density at radius 3 is 2.67 bits per heavy atom. The van der Waals surface area contributed by atoms with Crippen LogP contribution in [0.2, 0.25) is 0 Å². The van der Waals surface area contributed by atoms with Gasteiger partial charge in [0, 0.05) is 12.3 Å². The molecule has 1 N–H and O–H groups in total. The van der Waals surface area contributed by atoms with Crippen molar-refractivity contribution in [1.82, 2.24) is 4.98 Å². The Labute approximate surface area is 101 Å². The molecule has 0 atom stereocenters. The number of non-ortho nitro benzene ring substituents is 1. The molecule has 0 amide bonds. The van der Waals surface area contributed by atoms with E-state index in [-0.39, 0.29) is 22.3 Å². The molecule has 1 aromatic heterocycles. The van der Waals surface area contributed by atoms with Gasteiger partial charge in [-0.05, 0) is 18.2 Å². The van der Waals surface area contributed by atoms with Gasteiger partial charge in [-0.15, -0.1) is 0 Å². The highest BCUT2D eigenvalue weighted by Crippen LogP contribution is 2.31. The highest BCUT2D eigenvalue weighted by Gasteiger charge is 2.18. The van der Waals surface area contributed by atoms with Crippen LogP contribution in [-0.4, -0.2) is 22.9 Å². The van der Waals surface area contributed by atoms with Crippen LogP contribution < -0.4 is 4.18 Å². The molecular formula is C9H6N2O6S. The first-order valence-electron chi connectivity index (χ1n) is 4.57. The third kappa shape index (κ3) is 2.36. The maximum Gasteiger partial charge on any atom is 0.446 e. The number of pyridine rings is 1. The second kappa shape index (κ2) is 4.20. The van der Waals surface area contributed by atoms with E-state index in [9.17, 15) is 18.5 Å². The van der Waals surface area contributed by atoms with Crippen LogP contribution in [0.1, 0.15) is 0 Å². The van der Waals surface area contributed by atoms with E-state index in [2.05, 4.69) is 9.17 Å². The zero-order valence-electron chi connectivity index (χ0n) is 8.68. The van der Waals surface area contributed by atoms with Crippen LogP contribution in [0.15, 0.2) is 30.5 Å². The van der Waals surface area contributed by atoms with Gasteiger partial charge in [0.15, 0.2) is 5.75 Å². The summed E-state index contributed by atoms with van der Waals surface area (Å²) in [6.45, 7) is 0. The van der Waals surface area contributed by atoms with Gasteiger partial charge in [-0.25, -0.2) is 0 Å². The molecule has 0 spiro atoms. The number of hydrogen-bond acceptors (Lipinski definition) is 6. The summed E-state index contributed by atoms with van der Waals surface area (Å²) in [5.74, 6) is -0.279. The Balaban J connectivity index is 2.72. The topological polar surface area (TPSA) is 120 Å². The molecule has 1 heterocycles. The van der Waals surface area contributed by atoms with Gasteiger partial charge in [0.2, 0.25) is 0 Å². The number of nitro benzene ring substituents is 1. The summed E-state index contributed by atoms with van der Waals surface area (Å²) in [5.41, 5.74) is -0.259. The molecule has 0 aliphatic rings. The van der Waals surface area contributed by atoms with Crippen molar-refractivity contribution in [1.29, 1.82) is 0 Å². The average molecular weight is 270 g/mol. The summed E-state index contributed by atoms with van der Waals surface area (Å²) in [5, 5.41) is 10.9. The summed E-state index contributed by atoms with van der Waals surface area (Å²) in [7, 11) is -4.71. The number of nitro groups is 1. The molecule has 0 radical (unpaired) electrons. The fourth-order valence-corrected chi connectivity index (χ4v) is 1.83. The van der Waals surface area contributed by atoms with E-state index in [1.54, 1.807) is 0 Å². The first-order chi connectivity index (χ1) is 8.38. The summed E-state index contributed by atoms with van der Waals surface area (Å²) < 4.78 is 34.2. The maximum absolute atomic E-state index is 10.8. The molecule has 0 bridgehead atoms. The van der Waals surface area contributed by atoms with Crippen molar-refractivity contribution in [3.05, 3.63) is 40.6 Å². The molecule has 0 fully saturated rings. The molecule has 0 aliphatic heterocycles. The molecule has 9 heteroatoms. The summed E-state index contributed by atoms with van der Waals surface area (Å²) in [6, 6.07) is 5.00. The molecule has 0 saturated heterocycles. The second-order valence-electron chi connectivity index (χ2n) is 3.25. The van der Waals surface area contributed by atoms with Crippen molar-refractivity contribution < 1.29 is 22.1 Å². The smallest absolute Gasteiger partial charge is 0.359 e. The van der Waals surface area contributed by atoms with Gasteiger partial charge in [0.25, 0.3) is 5.69 Å². The minimum atomic E-state index is -4.71. The third-order valence-electron chi connectivity index (χ3n) is 2.10. The van der Waals surface area contributed by atoms with Gasteiger partial charge in [-0.1, -0.05) is 0 Å². The Kier molecular flexibility index (Phi) is 2.85. The molecule has 8 nitrogen and oxygen atoms in total. The summed E-state index contributed by atoms with van der Waals surface area (Å²) in [4.78, 5) is 14.0. The van der Waals surface area contributed by atoms with Crippen LogP contribution in [0.5, 0.6) is 5.75 Å². The lowest BCUT2D eigenvalue weighted by molar-refractivity contribution is -0.383. The number of rotatable bonds is 3. The minimum absolute atomic E-state index is 0.0238. The fraction of sp³-hybridized carbons (Fsp3) is 0. The lowest BCUT2D eigenvalue weighted by Crippen LogP contribution is -2.07. The van der Waals surface area contributed by atoms with E-state index < -0.39 is 15.3 Å². The second-order valence-corrected chi connectivity index (χ2v) is 4.27. The lowest BCUT2D eigenvalue weighted by atomic mass is 10.2. The van der Waals surface area contributed by atoms with Crippen LogP contribution in [0.3, 0.4) is 0 Å². The van der Waals surface area contributed by atoms with E-state index in [0.29, 0.717) is 0 Å². The van der Waals surface area contributed by atoms with Crippen molar-refractivity contribution in [3.8, 4) is 5.75 Å². The Morgan fingerprint density at radius 2 is 2.06 bits per heavy atom. The number of fused-ring (bicyclic) bond motifs is 1. The SMILES string of the molecule is O=[N+]([O-])c1ccc(OS(=O)(=O)O)c2ncccc12. The van der Waals surface area contributed by atoms with E-state index in [1.165, 1.54) is 18.3 Å². The molecule has 0 aliphatic carbocycles. The molecule has 2 rings (SSSR count). The predicted octanol–water partition coefficient (Wildman–Crippen LogP) is 1.32. The van der Waals surface area contributed by atoms with Gasteiger partial charge < -0.3 is 4.18 Å². The Bertz CT molecular complexity index is 727. The number of hydrogen-bond donors (Lipinski definition) is 1. The molecular weight excluding hydrogens is 264 g/mol. The number of benzene rings is 1. The average Bonchev–Trinajstić information content (AvgIpc) is 2.27. The maximum atomic E-state index is 10.8. The summed E-state index contributed by atoms with van der Waals surface area (Å²) in [6.07, 6.45) is 1.32. The number of nitrogens with zero attached hydrogens (tertiary/aromatic N) is 2. The van der Waals surface area contributed by atoms with Gasteiger partial charge in [0.1, 0.15) is 5.52 Å². The quantitative estimate of drug-likeness (QED) is 0.507. The Hall–Kier alpha value is -2.26. The van der Waals surface area contributed by atoms with E-state index in [0.717, 1.165) is 12.1 Å². The van der Waals surface area contributed by atoms with Gasteiger partial charge in [-0.2, -0.15) is 8.42 Å². The highest BCUT2D eigenvalue weighted by molar-refractivity contribution is 7.81. The molecule has 0 unspecified atom stereocenters. The largest absolute Gasteiger partial charge is 0.446 e. The van der Waals surface area contributed by atoms with Crippen LogP contribution in [0.25, 0.3) is 10.9 Å². The van der Waals surface area contributed by atoms with Crippen LogP contribution in [-0.2, 0) is 10.4 Å². The van der Waals surface area contributed by atoms with Crippen LogP contribution in [0.4, 0.5) is 5.69 Å². The van der Waals surface area contributed by atoms with E-state index in [4.69, 9.17) is 4.55 Å². The standard InChI is InChI=1S/C9H6N2O6S/c12-11(13)7-3-4-8(17-18(14,15)16)9-6(7)2-1-5-10-9/h1-5H,(H,14,15,16). The molecule has 0 saturated carbocycles. The van der Waals surface area contributed by atoms with Gasteiger partial charge >= 0.3 is 10.4 Å². The van der Waals surface area contributed by atoms with Crippen molar-refractivity contribution in [3.63, 3.8) is 0 Å². The first-order valence-corrected chi connectivity index (χ1v) is 5.94. The number of aromatic nitrogens is 1.